The molecule has 7 heteroatoms. The molecule has 0 spiro atoms. The lowest BCUT2D eigenvalue weighted by molar-refractivity contribution is -0.156. The summed E-state index contributed by atoms with van der Waals surface area (Å²) in [5.41, 5.74) is 0.872. The molecule has 1 atom stereocenters. The van der Waals surface area contributed by atoms with E-state index in [0.29, 0.717) is 24.4 Å². The molecule has 1 saturated heterocycles. The van der Waals surface area contributed by atoms with E-state index in [-0.39, 0.29) is 25.6 Å². The molecule has 1 N–H and O–H groups in total. The van der Waals surface area contributed by atoms with Crippen molar-refractivity contribution in [2.75, 3.05) is 20.3 Å². The van der Waals surface area contributed by atoms with E-state index in [4.69, 9.17) is 24.1 Å². The van der Waals surface area contributed by atoms with Crippen LogP contribution in [0.15, 0.2) is 66.2 Å². The number of carboxylic acid groups (broad SMARTS) is 1. The van der Waals surface area contributed by atoms with Gasteiger partial charge in [-0.3, -0.25) is 4.79 Å². The molecule has 0 aliphatic carbocycles. The molecular weight excluding hydrogens is 496 g/mol. The van der Waals surface area contributed by atoms with Crippen LogP contribution in [0.5, 0.6) is 11.5 Å². The topological polar surface area (TPSA) is 91.3 Å². The zero-order chi connectivity index (χ0) is 27.8. The highest BCUT2D eigenvalue weighted by Crippen LogP contribution is 2.33. The average Bonchev–Trinajstić information content (AvgIpc) is 3.26. The van der Waals surface area contributed by atoms with E-state index in [1.165, 1.54) is 0 Å². The largest absolute Gasteiger partial charge is 0.497 e. The maximum Gasteiger partial charge on any atom is 0.334 e. The molecule has 212 valence electrons. The molecule has 1 heterocycles. The predicted octanol–water partition coefficient (Wildman–Crippen LogP) is 6.89. The number of carbonyl (C=O) groups excluding carboxylic acids is 1. The summed E-state index contributed by atoms with van der Waals surface area (Å²) in [4.78, 5) is 23.3. The predicted molar refractivity (Wildman–Crippen MR) is 150 cm³/mol. The summed E-state index contributed by atoms with van der Waals surface area (Å²) < 4.78 is 23.2. The Hall–Kier alpha value is -3.32. The van der Waals surface area contributed by atoms with Crippen LogP contribution in [0.25, 0.3) is 0 Å². The first-order valence-electron chi connectivity index (χ1n) is 14.0. The Balaban J connectivity index is 1.46. The van der Waals surface area contributed by atoms with Crippen LogP contribution in [-0.2, 0) is 25.7 Å². The zero-order valence-corrected chi connectivity index (χ0v) is 23.1. The first kappa shape index (κ1) is 30.2. The molecule has 0 aromatic heterocycles. The lowest BCUT2D eigenvalue weighted by Crippen LogP contribution is -2.40. The van der Waals surface area contributed by atoms with Crippen LogP contribution in [0.1, 0.15) is 76.2 Å². The molecule has 1 fully saturated rings. The second kappa shape index (κ2) is 16.6. The normalized spacial score (nSPS) is 17.8. The fourth-order valence-corrected chi connectivity index (χ4v) is 4.65. The van der Waals surface area contributed by atoms with Crippen LogP contribution < -0.4 is 9.47 Å². The van der Waals surface area contributed by atoms with Crippen molar-refractivity contribution in [3.63, 3.8) is 0 Å². The molecule has 3 rings (SSSR count). The van der Waals surface area contributed by atoms with Crippen LogP contribution in [0.4, 0.5) is 0 Å². The molecule has 0 bridgehead atoms. The Morgan fingerprint density at radius 1 is 0.897 bits per heavy atom. The van der Waals surface area contributed by atoms with E-state index < -0.39 is 11.6 Å². The zero-order valence-electron chi connectivity index (χ0n) is 23.1. The summed E-state index contributed by atoms with van der Waals surface area (Å²) in [5, 5.41) is 8.68. The molecule has 0 amide bonds. The van der Waals surface area contributed by atoms with Gasteiger partial charge in [-0.15, -0.1) is 0 Å². The number of carboxylic acids is 1. The molecule has 1 unspecified atom stereocenters. The number of cyclic esters (lactones) is 1. The number of esters is 1. The molecule has 0 saturated carbocycles. The van der Waals surface area contributed by atoms with Gasteiger partial charge in [0.1, 0.15) is 18.1 Å². The quantitative estimate of drug-likeness (QED) is 0.118. The van der Waals surface area contributed by atoms with Gasteiger partial charge >= 0.3 is 11.9 Å². The lowest BCUT2D eigenvalue weighted by atomic mass is 9.98. The Labute approximate surface area is 232 Å². The Morgan fingerprint density at radius 3 is 2.21 bits per heavy atom. The summed E-state index contributed by atoms with van der Waals surface area (Å²) in [6.07, 6.45) is 12.0. The van der Waals surface area contributed by atoms with Gasteiger partial charge in [0.25, 0.3) is 0 Å². The SMILES string of the molecule is COc1ccc(OCC2(COCc3ccccc3)C/C(=C\CCCCCCCCCCC(=O)O)C(=O)O2)cc1. The number of ether oxygens (including phenoxy) is 4. The summed E-state index contributed by atoms with van der Waals surface area (Å²) in [5.74, 6) is 0.417. The molecular formula is C32H42O7. The van der Waals surface area contributed by atoms with Crippen molar-refractivity contribution < 1.29 is 33.6 Å². The van der Waals surface area contributed by atoms with E-state index in [0.717, 1.165) is 69.1 Å². The molecule has 39 heavy (non-hydrogen) atoms. The minimum atomic E-state index is -0.877. The van der Waals surface area contributed by atoms with Crippen molar-refractivity contribution in [1.29, 1.82) is 0 Å². The number of rotatable bonds is 19. The lowest BCUT2D eigenvalue weighted by Gasteiger charge is -2.27. The fraction of sp³-hybridized carbons (Fsp3) is 0.500. The van der Waals surface area contributed by atoms with Crippen LogP contribution in [-0.4, -0.2) is 43.0 Å². The number of carbonyl (C=O) groups is 2. The third-order valence-electron chi connectivity index (χ3n) is 6.86. The Kier molecular flexibility index (Phi) is 12.9. The van der Waals surface area contributed by atoms with E-state index >= 15 is 0 Å². The van der Waals surface area contributed by atoms with Crippen molar-refractivity contribution in [3.8, 4) is 11.5 Å². The van der Waals surface area contributed by atoms with Gasteiger partial charge < -0.3 is 24.1 Å². The van der Waals surface area contributed by atoms with Gasteiger partial charge in [0, 0.05) is 18.4 Å². The highest BCUT2D eigenvalue weighted by Gasteiger charge is 2.45. The van der Waals surface area contributed by atoms with Gasteiger partial charge in [-0.25, -0.2) is 4.79 Å². The maximum atomic E-state index is 12.8. The summed E-state index contributed by atoms with van der Waals surface area (Å²) in [6.45, 7) is 0.874. The van der Waals surface area contributed by atoms with Crippen LogP contribution in [0.2, 0.25) is 0 Å². The van der Waals surface area contributed by atoms with Crippen LogP contribution in [0.3, 0.4) is 0 Å². The first-order valence-corrected chi connectivity index (χ1v) is 14.0. The maximum absolute atomic E-state index is 12.8. The standard InChI is InChI=1S/C32H42O7/c1-36-28-18-20-29(21-19-28)38-25-32(24-37-23-26-14-10-9-11-15-26)22-27(31(35)39-32)16-12-7-5-3-2-4-6-8-13-17-30(33)34/h9-11,14-16,18-21H,2-8,12-13,17,22-25H2,1H3,(H,33,34)/b27-16+. The van der Waals surface area contributed by atoms with Gasteiger partial charge in [0.2, 0.25) is 0 Å². The molecule has 0 radical (unpaired) electrons. The van der Waals surface area contributed by atoms with Crippen LogP contribution in [0, 0.1) is 0 Å². The first-order chi connectivity index (χ1) is 19.0. The Bertz CT molecular complexity index is 1030. The second-order valence-electron chi connectivity index (χ2n) is 10.2. The highest BCUT2D eigenvalue weighted by molar-refractivity contribution is 5.91. The van der Waals surface area contributed by atoms with Crippen LogP contribution >= 0.6 is 0 Å². The van der Waals surface area contributed by atoms with E-state index in [1.54, 1.807) is 7.11 Å². The third kappa shape index (κ3) is 11.1. The molecule has 2 aromatic rings. The fourth-order valence-electron chi connectivity index (χ4n) is 4.65. The highest BCUT2D eigenvalue weighted by atomic mass is 16.6. The third-order valence-corrected chi connectivity index (χ3v) is 6.86. The number of allylic oxidation sites excluding steroid dienone is 1. The summed E-state index contributed by atoms with van der Waals surface area (Å²) >= 11 is 0. The number of unbranched alkanes of at least 4 members (excludes halogenated alkanes) is 8. The van der Waals surface area contributed by atoms with E-state index in [9.17, 15) is 9.59 Å². The summed E-state index contributed by atoms with van der Waals surface area (Å²) in [6, 6.07) is 17.3. The van der Waals surface area contributed by atoms with Gasteiger partial charge in [0.05, 0.1) is 20.3 Å². The van der Waals surface area contributed by atoms with E-state index in [2.05, 4.69) is 0 Å². The van der Waals surface area contributed by atoms with Crippen molar-refractivity contribution in [2.24, 2.45) is 0 Å². The van der Waals surface area contributed by atoms with Gasteiger partial charge in [0.15, 0.2) is 5.60 Å². The number of methoxy groups -OCH3 is 1. The average molecular weight is 539 g/mol. The monoisotopic (exact) mass is 538 g/mol. The molecule has 2 aromatic carbocycles. The number of aliphatic carboxylic acids is 1. The molecule has 1 aliphatic heterocycles. The Morgan fingerprint density at radius 2 is 1.54 bits per heavy atom. The van der Waals surface area contributed by atoms with Crippen molar-refractivity contribution in [2.45, 2.75) is 82.8 Å². The molecule has 1 aliphatic rings. The van der Waals surface area contributed by atoms with Crippen molar-refractivity contribution >= 4 is 11.9 Å². The minimum Gasteiger partial charge on any atom is -0.497 e. The minimum absolute atomic E-state index is 0.198. The van der Waals surface area contributed by atoms with Crippen molar-refractivity contribution in [3.05, 3.63) is 71.8 Å². The second-order valence-corrected chi connectivity index (χ2v) is 10.2. The number of benzene rings is 2. The van der Waals surface area contributed by atoms with Gasteiger partial charge in [-0.2, -0.15) is 0 Å². The number of hydrogen-bond donors (Lipinski definition) is 1. The van der Waals surface area contributed by atoms with Crippen molar-refractivity contribution in [1.82, 2.24) is 0 Å². The van der Waals surface area contributed by atoms with Gasteiger partial charge in [-0.1, -0.05) is 74.9 Å². The number of hydrogen-bond acceptors (Lipinski definition) is 6. The smallest absolute Gasteiger partial charge is 0.334 e. The van der Waals surface area contributed by atoms with Gasteiger partial charge in [-0.05, 0) is 49.1 Å². The summed E-state index contributed by atoms with van der Waals surface area (Å²) in [7, 11) is 1.62. The van der Waals surface area contributed by atoms with E-state index in [1.807, 2.05) is 60.7 Å². The molecule has 7 nitrogen and oxygen atoms in total.